The van der Waals surface area contributed by atoms with Crippen LogP contribution in [0.15, 0.2) is 36.4 Å². The van der Waals surface area contributed by atoms with E-state index in [0.717, 1.165) is 5.56 Å². The molecule has 0 heterocycles. The first-order chi connectivity index (χ1) is 15.7. The number of rotatable bonds is 10. The summed E-state index contributed by atoms with van der Waals surface area (Å²) in [5.41, 5.74) is 13.1. The zero-order chi connectivity index (χ0) is 25.0. The van der Waals surface area contributed by atoms with E-state index in [2.05, 4.69) is 4.74 Å². The molecule has 0 aliphatic rings. The Morgan fingerprint density at radius 3 is 1.44 bits per heavy atom. The van der Waals surface area contributed by atoms with Crippen molar-refractivity contribution in [2.75, 3.05) is 35.5 Å². The first-order valence-corrected chi connectivity index (χ1v) is 9.94. The van der Waals surface area contributed by atoms with Gasteiger partial charge in [0.1, 0.15) is 0 Å². The van der Waals surface area contributed by atoms with Crippen LogP contribution in [0.1, 0.15) is 36.1 Å². The van der Waals surface area contributed by atoms with Gasteiger partial charge in [0.05, 0.1) is 48.4 Å². The average molecular weight is 501 g/mol. The first kappa shape index (κ1) is 30.8. The monoisotopic (exact) mass is 500 g/mol. The van der Waals surface area contributed by atoms with Crippen molar-refractivity contribution in [1.29, 1.82) is 0 Å². The number of carbonyl (C=O) groups is 2. The minimum Gasteiger partial charge on any atom is -0.493 e. The van der Waals surface area contributed by atoms with Crippen LogP contribution in [0.2, 0.25) is 0 Å². The molecule has 5 N–H and O–H groups in total. The number of methoxy groups -OCH3 is 5. The number of carboxylic acids is 1. The second kappa shape index (κ2) is 15.6. The fourth-order valence-corrected chi connectivity index (χ4v) is 2.85. The summed E-state index contributed by atoms with van der Waals surface area (Å²) in [5, 5.41) is 8.64. The van der Waals surface area contributed by atoms with Crippen LogP contribution in [0.25, 0.3) is 0 Å². The molecule has 34 heavy (non-hydrogen) atoms. The van der Waals surface area contributed by atoms with Gasteiger partial charge in [-0.1, -0.05) is 12.1 Å². The first-order valence-electron chi connectivity index (χ1n) is 9.94. The van der Waals surface area contributed by atoms with Crippen molar-refractivity contribution in [2.24, 2.45) is 11.5 Å². The van der Waals surface area contributed by atoms with Gasteiger partial charge in [-0.15, -0.1) is 12.4 Å². The number of aliphatic carboxylic acids is 1. The van der Waals surface area contributed by atoms with E-state index in [4.69, 9.17) is 35.5 Å². The quantitative estimate of drug-likeness (QED) is 0.415. The highest BCUT2D eigenvalue weighted by Crippen LogP contribution is 2.31. The topological polar surface area (TPSA) is 153 Å². The van der Waals surface area contributed by atoms with Gasteiger partial charge in [0.2, 0.25) is 0 Å². The van der Waals surface area contributed by atoms with Crippen LogP contribution >= 0.6 is 12.4 Å². The Bertz CT molecular complexity index is 926. The third kappa shape index (κ3) is 9.34. The Balaban J connectivity index is 0.000000623. The number of carboxylic acid groups (broad SMARTS) is 1. The van der Waals surface area contributed by atoms with Crippen molar-refractivity contribution >= 4 is 24.3 Å². The number of hydrogen-bond donors (Lipinski definition) is 3. The van der Waals surface area contributed by atoms with Crippen molar-refractivity contribution in [2.45, 2.75) is 24.9 Å². The van der Waals surface area contributed by atoms with Crippen LogP contribution in [0, 0.1) is 0 Å². The Labute approximate surface area is 205 Å². The summed E-state index contributed by atoms with van der Waals surface area (Å²) >= 11 is 0. The number of esters is 1. The molecule has 0 aliphatic carbocycles. The van der Waals surface area contributed by atoms with Crippen molar-refractivity contribution < 1.29 is 38.4 Å². The van der Waals surface area contributed by atoms with Gasteiger partial charge in [-0.25, -0.2) is 0 Å². The number of hydrogen-bond acceptors (Lipinski definition) is 9. The molecule has 0 amide bonds. The summed E-state index contributed by atoms with van der Waals surface area (Å²) in [6.45, 7) is 0. The predicted molar refractivity (Wildman–Crippen MR) is 129 cm³/mol. The maximum absolute atomic E-state index is 11.1. The van der Waals surface area contributed by atoms with Gasteiger partial charge in [-0.05, 0) is 35.4 Å². The zero-order valence-electron chi connectivity index (χ0n) is 19.9. The van der Waals surface area contributed by atoms with Crippen LogP contribution in [0.3, 0.4) is 0 Å². The molecule has 0 aromatic heterocycles. The lowest BCUT2D eigenvalue weighted by Gasteiger charge is -2.13. The minimum absolute atomic E-state index is 0. The molecule has 0 spiro atoms. The van der Waals surface area contributed by atoms with Crippen LogP contribution in [-0.2, 0) is 14.3 Å². The van der Waals surface area contributed by atoms with Gasteiger partial charge < -0.3 is 40.3 Å². The highest BCUT2D eigenvalue weighted by molar-refractivity contribution is 5.85. The van der Waals surface area contributed by atoms with E-state index in [1.165, 1.54) is 21.3 Å². The Morgan fingerprint density at radius 1 is 0.735 bits per heavy atom. The van der Waals surface area contributed by atoms with E-state index < -0.39 is 18.1 Å². The fraction of sp³-hybridized carbons (Fsp3) is 0.391. The van der Waals surface area contributed by atoms with Crippen LogP contribution in [0.4, 0.5) is 0 Å². The maximum atomic E-state index is 11.1. The minimum atomic E-state index is -0.928. The molecule has 2 aromatic carbocycles. The van der Waals surface area contributed by atoms with Crippen molar-refractivity contribution in [3.8, 4) is 23.0 Å². The summed E-state index contributed by atoms with van der Waals surface area (Å²) in [7, 11) is 7.50. The molecular weight excluding hydrogens is 468 g/mol. The van der Waals surface area contributed by atoms with Gasteiger partial charge in [0.15, 0.2) is 23.0 Å². The molecule has 11 heteroatoms. The Morgan fingerprint density at radius 2 is 1.12 bits per heavy atom. The van der Waals surface area contributed by atoms with Gasteiger partial charge in [0.25, 0.3) is 0 Å². The van der Waals surface area contributed by atoms with E-state index in [1.807, 2.05) is 0 Å². The molecule has 0 saturated heterocycles. The van der Waals surface area contributed by atoms with Crippen molar-refractivity contribution in [3.63, 3.8) is 0 Å². The van der Waals surface area contributed by atoms with Crippen LogP contribution < -0.4 is 30.4 Å². The van der Waals surface area contributed by atoms with E-state index in [9.17, 15) is 9.59 Å². The number of halogens is 1. The number of nitrogens with two attached hydrogens (primary N) is 2. The molecule has 2 atom stereocenters. The molecule has 0 radical (unpaired) electrons. The maximum Gasteiger partial charge on any atom is 0.307 e. The molecule has 0 aliphatic heterocycles. The number of carbonyl (C=O) groups excluding carboxylic acids is 1. The second-order valence-corrected chi connectivity index (χ2v) is 6.82. The molecule has 190 valence electrons. The van der Waals surface area contributed by atoms with Gasteiger partial charge >= 0.3 is 11.9 Å². The lowest BCUT2D eigenvalue weighted by molar-refractivity contribution is -0.141. The van der Waals surface area contributed by atoms with E-state index >= 15 is 0 Å². The molecule has 0 bridgehead atoms. The van der Waals surface area contributed by atoms with Crippen molar-refractivity contribution in [3.05, 3.63) is 47.5 Å². The molecule has 2 rings (SSSR count). The molecule has 0 saturated carbocycles. The highest BCUT2D eigenvalue weighted by Gasteiger charge is 2.15. The van der Waals surface area contributed by atoms with Crippen LogP contribution in [0.5, 0.6) is 23.0 Å². The number of benzene rings is 2. The summed E-state index contributed by atoms with van der Waals surface area (Å²) in [6.07, 6.45) is 0.0153. The van der Waals surface area contributed by atoms with Crippen molar-refractivity contribution in [1.82, 2.24) is 0 Å². The average Bonchev–Trinajstić information content (AvgIpc) is 2.82. The molecule has 2 aromatic rings. The highest BCUT2D eigenvalue weighted by atomic mass is 35.5. The Kier molecular flexibility index (Phi) is 14.1. The fourth-order valence-electron chi connectivity index (χ4n) is 2.85. The molecule has 10 nitrogen and oxygen atoms in total. The van der Waals surface area contributed by atoms with Crippen LogP contribution in [-0.4, -0.2) is 52.6 Å². The summed E-state index contributed by atoms with van der Waals surface area (Å²) in [6, 6.07) is 9.48. The third-order valence-corrected chi connectivity index (χ3v) is 4.68. The predicted octanol–water partition coefficient (Wildman–Crippen LogP) is 2.87. The van der Waals surface area contributed by atoms with Gasteiger partial charge in [0, 0.05) is 12.1 Å². The van der Waals surface area contributed by atoms with E-state index in [0.29, 0.717) is 28.6 Å². The number of ether oxygens (including phenoxy) is 5. The lowest BCUT2D eigenvalue weighted by Crippen LogP contribution is -2.16. The smallest absolute Gasteiger partial charge is 0.307 e. The largest absolute Gasteiger partial charge is 0.493 e. The standard InChI is InChI=1S/C12H17NO4.C11H15NO4.ClH/c1-15-10-5-4-8(6-11(10)16-2)9(13)7-12(14)17-3;1-15-9-4-3-7(5-10(9)16-2)8(12)6-11(13)14;/h4-6,9H,7,13H2,1-3H3;3-5,8H,6,12H2,1-2H3,(H,13,14);1H. The summed E-state index contributed by atoms with van der Waals surface area (Å²) in [5.74, 6) is 1.08. The molecule has 2 unspecified atom stereocenters. The molecule has 0 fully saturated rings. The van der Waals surface area contributed by atoms with E-state index in [-0.39, 0.29) is 31.2 Å². The van der Waals surface area contributed by atoms with Gasteiger partial charge in [-0.2, -0.15) is 0 Å². The summed E-state index contributed by atoms with van der Waals surface area (Å²) in [4.78, 5) is 21.6. The lowest BCUT2D eigenvalue weighted by atomic mass is 10.0. The molecular formula is C23H33ClN2O8. The third-order valence-electron chi connectivity index (χ3n) is 4.68. The Hall–Kier alpha value is -3.21. The SMILES string of the molecule is COC(=O)CC(N)c1ccc(OC)c(OC)c1.COc1ccc(C(N)CC(=O)O)cc1OC.Cl. The van der Waals surface area contributed by atoms with E-state index in [1.54, 1.807) is 50.6 Å². The summed E-state index contributed by atoms with van der Waals surface area (Å²) < 4.78 is 25.0. The zero-order valence-corrected chi connectivity index (χ0v) is 20.7. The normalized spacial score (nSPS) is 11.5. The second-order valence-electron chi connectivity index (χ2n) is 6.82. The van der Waals surface area contributed by atoms with Gasteiger partial charge in [-0.3, -0.25) is 9.59 Å².